The van der Waals surface area contributed by atoms with E-state index in [2.05, 4.69) is 25.4 Å². The summed E-state index contributed by atoms with van der Waals surface area (Å²) in [4.78, 5) is 25.5. The number of aromatic nitrogens is 2. The van der Waals surface area contributed by atoms with Crippen LogP contribution in [0.15, 0.2) is 46.8 Å². The highest BCUT2D eigenvalue weighted by molar-refractivity contribution is 6.29. The zero-order chi connectivity index (χ0) is 23.5. The van der Waals surface area contributed by atoms with Gasteiger partial charge in [0.1, 0.15) is 21.2 Å². The topological polar surface area (TPSA) is 136 Å². The third kappa shape index (κ3) is 8.33. The highest BCUT2D eigenvalue weighted by Gasteiger charge is 2.21. The van der Waals surface area contributed by atoms with Crippen molar-refractivity contribution >= 4 is 35.0 Å². The minimum Gasteiger partial charge on any atom is -0.358 e. The van der Waals surface area contributed by atoms with Crippen molar-refractivity contribution < 1.29 is 5.03 Å². The van der Waals surface area contributed by atoms with Crippen LogP contribution in [0.4, 0.5) is 0 Å². The molecule has 1 aliphatic heterocycles. The summed E-state index contributed by atoms with van der Waals surface area (Å²) in [5.74, 6) is 0.956. The van der Waals surface area contributed by atoms with E-state index in [-0.39, 0.29) is 5.96 Å². The fraction of sp³-hybridized carbons (Fsp3) is 0.316. The molecule has 1 saturated heterocycles. The molecule has 168 valence electrons. The quantitative estimate of drug-likeness (QED) is 0.173. The standard InChI is InChI=1S/C10H11ClN4.C9H10ClN5O2/c1-8(14-7-12)15(2)6-9-3-4-10(11)13-5-9;10-8-2-1-7(5-12-8)6-14-4-3-11-9(14)13-15(16)17/h3-5H,6H2,1-2H3;1-2,5H,3-4,6H2,(H,11,13). The zero-order valence-electron chi connectivity index (χ0n) is 17.4. The molecule has 0 aromatic carbocycles. The number of nitriles is 1. The number of nitrogens with one attached hydrogen (secondary N) is 1. The van der Waals surface area contributed by atoms with E-state index in [4.69, 9.17) is 28.5 Å². The van der Waals surface area contributed by atoms with Gasteiger partial charge in [0.05, 0.1) is 0 Å². The van der Waals surface area contributed by atoms with Gasteiger partial charge in [-0.2, -0.15) is 10.3 Å². The van der Waals surface area contributed by atoms with Crippen molar-refractivity contribution in [2.24, 2.45) is 10.1 Å². The van der Waals surface area contributed by atoms with E-state index in [9.17, 15) is 10.1 Å². The largest absolute Gasteiger partial charge is 0.358 e. The number of hydrazone groups is 1. The van der Waals surface area contributed by atoms with E-state index in [0.717, 1.165) is 11.1 Å². The van der Waals surface area contributed by atoms with Crippen molar-refractivity contribution in [1.29, 1.82) is 5.26 Å². The van der Waals surface area contributed by atoms with Gasteiger partial charge >= 0.3 is 0 Å². The smallest absolute Gasteiger partial charge is 0.271 e. The predicted molar refractivity (Wildman–Crippen MR) is 122 cm³/mol. The maximum absolute atomic E-state index is 10.3. The van der Waals surface area contributed by atoms with Crippen LogP contribution in [0.2, 0.25) is 10.3 Å². The number of halogens is 2. The van der Waals surface area contributed by atoms with Gasteiger partial charge < -0.3 is 15.1 Å². The molecule has 0 amide bonds. The van der Waals surface area contributed by atoms with Gasteiger partial charge in [-0.25, -0.2) is 20.1 Å². The van der Waals surface area contributed by atoms with Gasteiger partial charge in [0.25, 0.3) is 5.96 Å². The predicted octanol–water partition coefficient (Wildman–Crippen LogP) is 2.75. The van der Waals surface area contributed by atoms with Crippen LogP contribution in [-0.4, -0.2) is 56.7 Å². The lowest BCUT2D eigenvalue weighted by Gasteiger charge is -2.17. The van der Waals surface area contributed by atoms with Crippen molar-refractivity contribution in [3.63, 3.8) is 0 Å². The van der Waals surface area contributed by atoms with E-state index in [1.165, 1.54) is 0 Å². The number of pyridine rings is 2. The summed E-state index contributed by atoms with van der Waals surface area (Å²) in [6.45, 7) is 4.28. The fourth-order valence-electron chi connectivity index (χ4n) is 2.62. The molecule has 2 aromatic heterocycles. The highest BCUT2D eigenvalue weighted by atomic mass is 35.5. The second kappa shape index (κ2) is 12.4. The molecule has 13 heteroatoms. The van der Waals surface area contributed by atoms with E-state index in [0.29, 0.717) is 42.3 Å². The Kier molecular flexibility index (Phi) is 9.59. The van der Waals surface area contributed by atoms with Gasteiger partial charge in [-0.15, -0.1) is 0 Å². The van der Waals surface area contributed by atoms with E-state index >= 15 is 0 Å². The molecule has 0 bridgehead atoms. The monoisotopic (exact) mass is 477 g/mol. The summed E-state index contributed by atoms with van der Waals surface area (Å²) in [6.07, 6.45) is 5.10. The molecular formula is C19H21Cl2N9O2. The molecular weight excluding hydrogens is 457 g/mol. The Morgan fingerprint density at radius 3 is 2.44 bits per heavy atom. The zero-order valence-corrected chi connectivity index (χ0v) is 19.0. The molecule has 0 spiro atoms. The molecule has 0 radical (unpaired) electrons. The molecule has 3 heterocycles. The lowest BCUT2D eigenvalue weighted by molar-refractivity contribution is -0.485. The van der Waals surface area contributed by atoms with Gasteiger partial charge in [0.2, 0.25) is 6.19 Å². The molecule has 0 aliphatic carbocycles. The van der Waals surface area contributed by atoms with Crippen molar-refractivity contribution in [1.82, 2.24) is 25.1 Å². The Balaban J connectivity index is 0.000000229. The van der Waals surface area contributed by atoms with Crippen LogP contribution in [0.3, 0.4) is 0 Å². The van der Waals surface area contributed by atoms with Gasteiger partial charge in [-0.3, -0.25) is 0 Å². The van der Waals surface area contributed by atoms with Crippen LogP contribution >= 0.6 is 23.2 Å². The first-order valence-corrected chi connectivity index (χ1v) is 10.1. The van der Waals surface area contributed by atoms with E-state index in [1.54, 1.807) is 42.5 Å². The Morgan fingerprint density at radius 1 is 1.28 bits per heavy atom. The van der Waals surface area contributed by atoms with Crippen LogP contribution in [0.1, 0.15) is 18.1 Å². The third-order valence-corrected chi connectivity index (χ3v) is 4.72. The van der Waals surface area contributed by atoms with Gasteiger partial charge in [0, 0.05) is 45.6 Å². The minimum absolute atomic E-state index is 0.282. The Bertz CT molecular complexity index is 1000. The Labute approximate surface area is 195 Å². The molecule has 32 heavy (non-hydrogen) atoms. The molecule has 11 nitrogen and oxygen atoms in total. The van der Waals surface area contributed by atoms with E-state index in [1.807, 2.05) is 24.1 Å². The third-order valence-electron chi connectivity index (χ3n) is 4.28. The SMILES string of the molecule is CC(=NC#N)N(C)Cc1ccc(Cl)nc1.O=[N+]([O-])/N=C1\NCCN1Cc1ccc(Cl)nc1. The lowest BCUT2D eigenvalue weighted by atomic mass is 10.3. The molecule has 1 fully saturated rings. The number of rotatable bonds is 5. The van der Waals surface area contributed by atoms with Crippen molar-refractivity contribution in [3.05, 3.63) is 68.2 Å². The highest BCUT2D eigenvalue weighted by Crippen LogP contribution is 2.10. The minimum atomic E-state index is -0.708. The van der Waals surface area contributed by atoms with E-state index < -0.39 is 5.03 Å². The number of guanidine groups is 1. The maximum Gasteiger partial charge on any atom is 0.271 e. The Morgan fingerprint density at radius 2 is 1.91 bits per heavy atom. The normalized spacial score (nSPS) is 14.3. The second-order valence-electron chi connectivity index (χ2n) is 6.60. The average molecular weight is 478 g/mol. The van der Waals surface area contributed by atoms with Crippen LogP contribution in [-0.2, 0) is 13.1 Å². The lowest BCUT2D eigenvalue weighted by Crippen LogP contribution is -2.30. The first kappa shape index (κ1) is 24.8. The van der Waals surface area contributed by atoms with Crippen molar-refractivity contribution in [2.75, 3.05) is 20.1 Å². The average Bonchev–Trinajstić information content (AvgIpc) is 3.18. The first-order valence-electron chi connectivity index (χ1n) is 9.35. The molecule has 3 rings (SSSR count). The van der Waals surface area contributed by atoms with Crippen LogP contribution in [0, 0.1) is 21.6 Å². The number of hydrogen-bond donors (Lipinski definition) is 1. The fourth-order valence-corrected chi connectivity index (χ4v) is 2.84. The number of nitrogens with zero attached hydrogens (tertiary/aromatic N) is 8. The van der Waals surface area contributed by atoms with Gasteiger partial charge in [-0.1, -0.05) is 35.3 Å². The summed E-state index contributed by atoms with van der Waals surface area (Å²) in [7, 11) is 1.87. The second-order valence-corrected chi connectivity index (χ2v) is 7.38. The molecule has 2 aromatic rings. The molecule has 1 N–H and O–H groups in total. The van der Waals surface area contributed by atoms with Crippen LogP contribution < -0.4 is 5.32 Å². The number of aliphatic imine (C=N–C) groups is 1. The maximum atomic E-state index is 10.3. The van der Waals surface area contributed by atoms with Crippen molar-refractivity contribution in [2.45, 2.75) is 20.0 Å². The number of hydrogen-bond acceptors (Lipinski definition) is 6. The molecule has 1 aliphatic rings. The Hall–Kier alpha value is -3.49. The summed E-state index contributed by atoms with van der Waals surface area (Å²) in [5.41, 5.74) is 1.95. The first-order chi connectivity index (χ1) is 15.3. The van der Waals surface area contributed by atoms with Crippen molar-refractivity contribution in [3.8, 4) is 6.19 Å². The number of amidine groups is 1. The number of nitro groups is 1. The van der Waals surface area contributed by atoms with Crippen LogP contribution in [0.5, 0.6) is 0 Å². The van der Waals surface area contributed by atoms with Crippen LogP contribution in [0.25, 0.3) is 0 Å². The molecule has 0 saturated carbocycles. The van der Waals surface area contributed by atoms with Gasteiger partial charge in [0.15, 0.2) is 5.03 Å². The summed E-state index contributed by atoms with van der Waals surface area (Å²) < 4.78 is 0. The summed E-state index contributed by atoms with van der Waals surface area (Å²) in [5, 5.41) is 25.0. The van der Waals surface area contributed by atoms with Gasteiger partial charge in [-0.05, 0) is 30.2 Å². The summed E-state index contributed by atoms with van der Waals surface area (Å²) in [6, 6.07) is 7.15. The molecule has 0 unspecified atom stereocenters. The summed E-state index contributed by atoms with van der Waals surface area (Å²) >= 11 is 11.3. The molecule has 0 atom stereocenters.